The van der Waals surface area contributed by atoms with Gasteiger partial charge in [-0.25, -0.2) is 24.5 Å². The Labute approximate surface area is 225 Å². The number of rotatable bonds is 18. The van der Waals surface area contributed by atoms with Crippen molar-refractivity contribution in [2.75, 3.05) is 38.8 Å². The molecule has 2 aromatic rings. The van der Waals surface area contributed by atoms with Gasteiger partial charge in [-0.2, -0.15) is 0 Å². The summed E-state index contributed by atoms with van der Waals surface area (Å²) >= 11 is 0. The standard InChI is InChI=1S/C24H37N5O10/c1-3-35-9-5-7-14(23(31)32)37-11-16-19(38-15(24(33)34)8-6-10-36-4-2)18(30)22(39-16)29-13-28-17-20(25)26-12-27-21(17)29/h12-16,18-19,22,30H,3-11H2,1-2H3,(H,31,32)(H,33,34)(H2,25,26,27)/t14?,15?,16-,18+,19-,22-/m1/s1. The number of hydrogen-bond donors (Lipinski definition) is 4. The van der Waals surface area contributed by atoms with Gasteiger partial charge in [-0.3, -0.25) is 4.57 Å². The zero-order valence-corrected chi connectivity index (χ0v) is 22.0. The molecule has 0 aromatic carbocycles. The van der Waals surface area contributed by atoms with Crippen LogP contribution in [-0.2, 0) is 33.3 Å². The van der Waals surface area contributed by atoms with Crippen LogP contribution >= 0.6 is 0 Å². The van der Waals surface area contributed by atoms with Crippen molar-refractivity contribution in [3.8, 4) is 0 Å². The van der Waals surface area contributed by atoms with E-state index in [1.165, 1.54) is 17.2 Å². The normalized spacial score (nSPS) is 22.7. The van der Waals surface area contributed by atoms with Crippen molar-refractivity contribution in [2.45, 2.75) is 76.3 Å². The lowest BCUT2D eigenvalue weighted by molar-refractivity contribution is -0.166. The fourth-order valence-corrected chi connectivity index (χ4v) is 4.27. The molecule has 15 heteroatoms. The SMILES string of the molecule is CCOCCCC(OC[C@H]1O[C@@H](n2cnc3c(N)ncnc32)[C@@H](O)[C@@H]1OC(CCCOCC)C(=O)O)C(=O)O. The van der Waals surface area contributed by atoms with Gasteiger partial charge in [-0.1, -0.05) is 0 Å². The molecule has 3 rings (SSSR count). The monoisotopic (exact) mass is 555 g/mol. The number of carboxylic acid groups (broad SMARTS) is 2. The van der Waals surface area contributed by atoms with E-state index in [1.807, 2.05) is 13.8 Å². The largest absolute Gasteiger partial charge is 0.479 e. The Morgan fingerprint density at radius 1 is 1.05 bits per heavy atom. The van der Waals surface area contributed by atoms with E-state index in [9.17, 15) is 24.9 Å². The average molecular weight is 556 g/mol. The first-order chi connectivity index (χ1) is 18.8. The zero-order valence-electron chi connectivity index (χ0n) is 22.0. The Morgan fingerprint density at radius 3 is 2.31 bits per heavy atom. The highest BCUT2D eigenvalue weighted by Gasteiger charge is 2.48. The third-order valence-electron chi connectivity index (χ3n) is 6.22. The van der Waals surface area contributed by atoms with Crippen LogP contribution in [0, 0.1) is 0 Å². The van der Waals surface area contributed by atoms with Crippen molar-refractivity contribution in [1.82, 2.24) is 19.5 Å². The second-order valence-electron chi connectivity index (χ2n) is 8.90. The summed E-state index contributed by atoms with van der Waals surface area (Å²) in [7, 11) is 0. The van der Waals surface area contributed by atoms with Gasteiger partial charge in [0, 0.05) is 26.4 Å². The van der Waals surface area contributed by atoms with Crippen LogP contribution < -0.4 is 5.73 Å². The third-order valence-corrected chi connectivity index (χ3v) is 6.22. The number of fused-ring (bicyclic) bond motifs is 1. The maximum absolute atomic E-state index is 12.0. The van der Waals surface area contributed by atoms with Gasteiger partial charge in [0.15, 0.2) is 29.9 Å². The van der Waals surface area contributed by atoms with E-state index in [-0.39, 0.29) is 30.9 Å². The maximum Gasteiger partial charge on any atom is 0.332 e. The van der Waals surface area contributed by atoms with E-state index < -0.39 is 48.7 Å². The summed E-state index contributed by atoms with van der Waals surface area (Å²) in [5.74, 6) is -2.24. The van der Waals surface area contributed by atoms with Crippen LogP contribution in [0.2, 0.25) is 0 Å². The molecule has 1 saturated heterocycles. The predicted molar refractivity (Wildman–Crippen MR) is 135 cm³/mol. The second-order valence-corrected chi connectivity index (χ2v) is 8.90. The number of nitrogen functional groups attached to an aromatic ring is 1. The van der Waals surface area contributed by atoms with Crippen LogP contribution in [0.25, 0.3) is 11.2 Å². The van der Waals surface area contributed by atoms with Crippen molar-refractivity contribution in [3.63, 3.8) is 0 Å². The molecular formula is C24H37N5O10. The van der Waals surface area contributed by atoms with E-state index >= 15 is 0 Å². The lowest BCUT2D eigenvalue weighted by Gasteiger charge is -2.25. The number of carbonyl (C=O) groups is 2. The summed E-state index contributed by atoms with van der Waals surface area (Å²) in [6.07, 6.45) is -3.26. The lowest BCUT2D eigenvalue weighted by Crippen LogP contribution is -2.42. The number of carboxylic acids is 2. The molecule has 1 aliphatic rings. The molecule has 0 radical (unpaired) electrons. The Hall–Kier alpha value is -2.95. The van der Waals surface area contributed by atoms with E-state index in [0.29, 0.717) is 44.8 Å². The molecule has 2 aromatic heterocycles. The number of ether oxygens (including phenoxy) is 5. The van der Waals surface area contributed by atoms with Crippen molar-refractivity contribution in [2.24, 2.45) is 0 Å². The van der Waals surface area contributed by atoms with Gasteiger partial charge in [0.2, 0.25) is 0 Å². The number of anilines is 1. The van der Waals surface area contributed by atoms with E-state index in [1.54, 1.807) is 0 Å². The first-order valence-corrected chi connectivity index (χ1v) is 12.9. The minimum Gasteiger partial charge on any atom is -0.479 e. The molecule has 1 fully saturated rings. The molecule has 6 atom stereocenters. The molecule has 0 bridgehead atoms. The predicted octanol–water partition coefficient (Wildman–Crippen LogP) is 0.608. The second kappa shape index (κ2) is 15.0. The highest BCUT2D eigenvalue weighted by molar-refractivity contribution is 5.81. The Balaban J connectivity index is 1.80. The third kappa shape index (κ3) is 8.03. The highest BCUT2D eigenvalue weighted by Crippen LogP contribution is 2.35. The van der Waals surface area contributed by atoms with Crippen LogP contribution in [-0.4, -0.2) is 110 Å². The number of aliphatic hydroxyl groups excluding tert-OH is 1. The number of aromatic nitrogens is 4. The van der Waals surface area contributed by atoms with Gasteiger partial charge in [-0.05, 0) is 39.5 Å². The molecule has 3 heterocycles. The minimum absolute atomic E-state index is 0.129. The number of imidazole rings is 1. The molecule has 2 unspecified atom stereocenters. The van der Waals surface area contributed by atoms with Gasteiger partial charge in [-0.15, -0.1) is 0 Å². The van der Waals surface area contributed by atoms with E-state index in [2.05, 4.69) is 15.0 Å². The Kier molecular flexibility index (Phi) is 11.8. The highest BCUT2D eigenvalue weighted by atomic mass is 16.6. The molecular weight excluding hydrogens is 518 g/mol. The number of hydrogen-bond acceptors (Lipinski definition) is 12. The Morgan fingerprint density at radius 2 is 1.69 bits per heavy atom. The topological polar surface area (TPSA) is 211 Å². The first kappa shape index (κ1) is 30.6. The summed E-state index contributed by atoms with van der Waals surface area (Å²) in [5, 5.41) is 30.6. The maximum atomic E-state index is 12.0. The summed E-state index contributed by atoms with van der Waals surface area (Å²) < 4.78 is 29.6. The first-order valence-electron chi connectivity index (χ1n) is 12.9. The fraction of sp³-hybridized carbons (Fsp3) is 0.708. The lowest BCUT2D eigenvalue weighted by atomic mass is 10.1. The minimum atomic E-state index is -1.37. The molecule has 1 aliphatic heterocycles. The van der Waals surface area contributed by atoms with Gasteiger partial charge in [0.25, 0.3) is 0 Å². The molecule has 5 N–H and O–H groups in total. The number of aliphatic carboxylic acids is 2. The van der Waals surface area contributed by atoms with Crippen molar-refractivity contribution < 1.29 is 48.6 Å². The van der Waals surface area contributed by atoms with E-state index in [0.717, 1.165) is 0 Å². The van der Waals surface area contributed by atoms with Crippen LogP contribution in [0.1, 0.15) is 45.8 Å². The van der Waals surface area contributed by atoms with E-state index in [4.69, 9.17) is 29.4 Å². The van der Waals surface area contributed by atoms with Gasteiger partial charge < -0.3 is 44.7 Å². The fourth-order valence-electron chi connectivity index (χ4n) is 4.27. The average Bonchev–Trinajstić information content (AvgIpc) is 3.46. The quantitative estimate of drug-likeness (QED) is 0.186. The van der Waals surface area contributed by atoms with Crippen LogP contribution in [0.3, 0.4) is 0 Å². The van der Waals surface area contributed by atoms with Crippen LogP contribution in [0.5, 0.6) is 0 Å². The number of nitrogens with zero attached hydrogens (tertiary/aromatic N) is 4. The molecule has 0 amide bonds. The van der Waals surface area contributed by atoms with Crippen molar-refractivity contribution in [3.05, 3.63) is 12.7 Å². The molecule has 218 valence electrons. The number of nitrogens with two attached hydrogens (primary N) is 1. The molecule has 0 saturated carbocycles. The summed E-state index contributed by atoms with van der Waals surface area (Å²) in [4.78, 5) is 36.0. The molecule has 0 aliphatic carbocycles. The molecule has 39 heavy (non-hydrogen) atoms. The van der Waals surface area contributed by atoms with Crippen molar-refractivity contribution >= 4 is 28.9 Å². The smallest absolute Gasteiger partial charge is 0.332 e. The summed E-state index contributed by atoms with van der Waals surface area (Å²) in [5.41, 5.74) is 6.46. The Bertz CT molecular complexity index is 1070. The molecule has 0 spiro atoms. The van der Waals surface area contributed by atoms with Crippen LogP contribution in [0.4, 0.5) is 5.82 Å². The zero-order chi connectivity index (χ0) is 28.4. The van der Waals surface area contributed by atoms with Crippen molar-refractivity contribution in [1.29, 1.82) is 0 Å². The van der Waals surface area contributed by atoms with Gasteiger partial charge in [0.1, 0.15) is 30.2 Å². The molecule has 15 nitrogen and oxygen atoms in total. The summed E-state index contributed by atoms with van der Waals surface area (Å²) in [6, 6.07) is 0. The number of aliphatic hydroxyl groups is 1. The summed E-state index contributed by atoms with van der Waals surface area (Å²) in [6.45, 7) is 5.15. The van der Waals surface area contributed by atoms with Crippen LogP contribution in [0.15, 0.2) is 12.7 Å². The van der Waals surface area contributed by atoms with Gasteiger partial charge >= 0.3 is 11.9 Å². The van der Waals surface area contributed by atoms with Gasteiger partial charge in [0.05, 0.1) is 12.9 Å².